The summed E-state index contributed by atoms with van der Waals surface area (Å²) in [6.07, 6.45) is 0.263. The van der Waals surface area contributed by atoms with Gasteiger partial charge in [-0.2, -0.15) is 10.4 Å². The molecule has 0 bridgehead atoms. The summed E-state index contributed by atoms with van der Waals surface area (Å²) in [5.74, 6) is 0.594. The third-order valence-corrected chi connectivity index (χ3v) is 6.14. The average Bonchev–Trinajstić information content (AvgIpc) is 3.20. The number of thioether (sulfide) groups is 1. The van der Waals surface area contributed by atoms with Crippen LogP contribution < -0.4 is 5.32 Å². The second-order valence-electron chi connectivity index (χ2n) is 5.97. The van der Waals surface area contributed by atoms with Crippen molar-refractivity contribution >= 4 is 34.1 Å². The molecule has 3 aromatic rings. The third kappa shape index (κ3) is 4.72. The smallest absolute Gasteiger partial charge is 0.230 e. The van der Waals surface area contributed by atoms with E-state index in [1.165, 1.54) is 11.3 Å². The largest absolute Gasteiger partial charge is 0.300 e. The molecular weight excluding hydrogens is 380 g/mol. The molecule has 138 valence electrons. The number of hydrogen-bond acceptors (Lipinski definition) is 7. The molecule has 1 N–H and O–H groups in total. The van der Waals surface area contributed by atoms with Crippen molar-refractivity contribution < 1.29 is 4.79 Å². The van der Waals surface area contributed by atoms with E-state index >= 15 is 0 Å². The summed E-state index contributed by atoms with van der Waals surface area (Å²) in [5, 5.41) is 24.6. The Bertz CT molecular complexity index is 1000. The Balaban J connectivity index is 1.55. The van der Waals surface area contributed by atoms with Crippen molar-refractivity contribution in [2.75, 3.05) is 5.32 Å². The Labute approximate surface area is 165 Å². The van der Waals surface area contributed by atoms with Crippen LogP contribution in [0.25, 0.3) is 0 Å². The topological polar surface area (TPSA) is 96.5 Å². The zero-order valence-electron chi connectivity index (χ0n) is 15.2. The van der Waals surface area contributed by atoms with Crippen LogP contribution in [0.3, 0.4) is 0 Å². The van der Waals surface area contributed by atoms with Crippen molar-refractivity contribution in [2.24, 2.45) is 7.05 Å². The number of nitrogens with one attached hydrogen (secondary N) is 1. The van der Waals surface area contributed by atoms with Crippen molar-refractivity contribution in [1.82, 2.24) is 20.0 Å². The molecule has 9 heteroatoms. The molecule has 0 saturated carbocycles. The standard InChI is InChI=1S/C18H18N6OS2/c1-11-15(12(2)24(3)23-11)8-16(25)20-17-21-22-18(27-17)26-10-14-6-4-13(9-19)5-7-14/h4-7H,8,10H2,1-3H3,(H,20,21,25). The van der Waals surface area contributed by atoms with E-state index in [0.29, 0.717) is 10.7 Å². The number of nitriles is 1. The van der Waals surface area contributed by atoms with Crippen LogP contribution in [0.15, 0.2) is 28.6 Å². The van der Waals surface area contributed by atoms with Gasteiger partial charge in [0.25, 0.3) is 0 Å². The van der Waals surface area contributed by atoms with Gasteiger partial charge in [-0.15, -0.1) is 10.2 Å². The van der Waals surface area contributed by atoms with Crippen molar-refractivity contribution in [3.63, 3.8) is 0 Å². The van der Waals surface area contributed by atoms with Crippen LogP contribution in [0.5, 0.6) is 0 Å². The molecule has 7 nitrogen and oxygen atoms in total. The normalized spacial score (nSPS) is 10.6. The highest BCUT2D eigenvalue weighted by Crippen LogP contribution is 2.28. The summed E-state index contributed by atoms with van der Waals surface area (Å²) in [7, 11) is 1.87. The van der Waals surface area contributed by atoms with E-state index in [4.69, 9.17) is 5.26 Å². The summed E-state index contributed by atoms with van der Waals surface area (Å²) in [6, 6.07) is 9.54. The van der Waals surface area contributed by atoms with Crippen molar-refractivity contribution in [3.05, 3.63) is 52.3 Å². The summed E-state index contributed by atoms with van der Waals surface area (Å²) in [5.41, 5.74) is 4.53. The fourth-order valence-corrected chi connectivity index (χ4v) is 4.26. The number of hydrogen-bond donors (Lipinski definition) is 1. The predicted molar refractivity (Wildman–Crippen MR) is 106 cm³/mol. The number of aryl methyl sites for hydroxylation is 2. The molecule has 0 aliphatic carbocycles. The molecule has 0 radical (unpaired) electrons. The molecule has 2 aromatic heterocycles. The summed E-state index contributed by atoms with van der Waals surface area (Å²) in [6.45, 7) is 3.85. The van der Waals surface area contributed by atoms with E-state index in [2.05, 4.69) is 26.7 Å². The molecule has 2 heterocycles. The Morgan fingerprint density at radius 3 is 2.67 bits per heavy atom. The maximum atomic E-state index is 12.3. The molecule has 3 rings (SSSR count). The van der Waals surface area contributed by atoms with Crippen LogP contribution in [0.2, 0.25) is 0 Å². The first-order chi connectivity index (χ1) is 13.0. The summed E-state index contributed by atoms with van der Waals surface area (Å²) >= 11 is 2.89. The Morgan fingerprint density at radius 1 is 1.30 bits per heavy atom. The number of benzene rings is 1. The van der Waals surface area contributed by atoms with Gasteiger partial charge < -0.3 is 5.32 Å². The summed E-state index contributed by atoms with van der Waals surface area (Å²) < 4.78 is 2.56. The van der Waals surface area contributed by atoms with Crippen LogP contribution in [0, 0.1) is 25.2 Å². The first-order valence-electron chi connectivity index (χ1n) is 8.20. The predicted octanol–water partition coefficient (Wildman–Crippen LogP) is 3.23. The SMILES string of the molecule is Cc1nn(C)c(C)c1CC(=O)Nc1nnc(SCc2ccc(C#N)cc2)s1. The van der Waals surface area contributed by atoms with Gasteiger partial charge in [0.2, 0.25) is 11.0 Å². The van der Waals surface area contributed by atoms with E-state index in [1.807, 2.05) is 33.0 Å². The van der Waals surface area contributed by atoms with Gasteiger partial charge in [0.15, 0.2) is 4.34 Å². The first kappa shape index (κ1) is 19.1. The second-order valence-corrected chi connectivity index (χ2v) is 8.17. The van der Waals surface area contributed by atoms with Crippen LogP contribution >= 0.6 is 23.1 Å². The number of aromatic nitrogens is 4. The molecular formula is C18H18N6OS2. The number of rotatable bonds is 6. The zero-order chi connectivity index (χ0) is 19.4. The molecule has 0 aliphatic heterocycles. The molecule has 0 unspecified atom stereocenters. The lowest BCUT2D eigenvalue weighted by atomic mass is 10.1. The van der Waals surface area contributed by atoms with Crippen molar-refractivity contribution in [2.45, 2.75) is 30.4 Å². The van der Waals surface area contributed by atoms with Gasteiger partial charge in [-0.3, -0.25) is 9.48 Å². The minimum absolute atomic E-state index is 0.131. The lowest BCUT2D eigenvalue weighted by molar-refractivity contribution is -0.115. The van der Waals surface area contributed by atoms with E-state index in [1.54, 1.807) is 28.6 Å². The van der Waals surface area contributed by atoms with E-state index in [-0.39, 0.29) is 12.3 Å². The Kier molecular flexibility index (Phi) is 5.88. The van der Waals surface area contributed by atoms with Gasteiger partial charge in [-0.25, -0.2) is 0 Å². The highest BCUT2D eigenvalue weighted by atomic mass is 32.2. The van der Waals surface area contributed by atoms with Crippen molar-refractivity contribution in [3.8, 4) is 6.07 Å². The Hall–Kier alpha value is -2.70. The maximum Gasteiger partial charge on any atom is 0.230 e. The van der Waals surface area contributed by atoms with Crippen molar-refractivity contribution in [1.29, 1.82) is 5.26 Å². The molecule has 0 aliphatic rings. The highest BCUT2D eigenvalue weighted by molar-refractivity contribution is 8.00. The van der Waals surface area contributed by atoms with E-state index < -0.39 is 0 Å². The third-order valence-electron chi connectivity index (χ3n) is 4.09. The maximum absolute atomic E-state index is 12.3. The number of anilines is 1. The van der Waals surface area contributed by atoms with Gasteiger partial charge in [0, 0.05) is 24.1 Å². The van der Waals surface area contributed by atoms with E-state index in [0.717, 1.165) is 32.6 Å². The minimum atomic E-state index is -0.131. The van der Waals surface area contributed by atoms with Gasteiger partial charge in [-0.1, -0.05) is 35.2 Å². The molecule has 1 amide bonds. The zero-order valence-corrected chi connectivity index (χ0v) is 16.8. The minimum Gasteiger partial charge on any atom is -0.300 e. The molecule has 0 atom stereocenters. The van der Waals surface area contributed by atoms with Crippen LogP contribution in [0.1, 0.15) is 28.1 Å². The van der Waals surface area contributed by atoms with Crippen LogP contribution in [0.4, 0.5) is 5.13 Å². The second kappa shape index (κ2) is 8.33. The number of carbonyl (C=O) groups excluding carboxylic acids is 1. The molecule has 27 heavy (non-hydrogen) atoms. The van der Waals surface area contributed by atoms with Gasteiger partial charge in [-0.05, 0) is 31.5 Å². The fourth-order valence-electron chi connectivity index (χ4n) is 2.54. The van der Waals surface area contributed by atoms with Crippen LogP contribution in [-0.2, 0) is 24.0 Å². The lowest BCUT2D eigenvalue weighted by Crippen LogP contribution is -2.15. The fraction of sp³-hybridized carbons (Fsp3) is 0.278. The van der Waals surface area contributed by atoms with Gasteiger partial charge >= 0.3 is 0 Å². The lowest BCUT2D eigenvalue weighted by Gasteiger charge is -2.02. The van der Waals surface area contributed by atoms with E-state index in [9.17, 15) is 4.79 Å². The molecule has 0 saturated heterocycles. The Morgan fingerprint density at radius 2 is 2.04 bits per heavy atom. The quantitative estimate of drug-likeness (QED) is 0.506. The molecule has 0 fully saturated rings. The summed E-state index contributed by atoms with van der Waals surface area (Å²) in [4.78, 5) is 12.3. The number of amides is 1. The average molecular weight is 399 g/mol. The van der Waals surface area contributed by atoms with Crippen LogP contribution in [-0.4, -0.2) is 25.9 Å². The van der Waals surface area contributed by atoms with Gasteiger partial charge in [0.05, 0.1) is 23.7 Å². The monoisotopic (exact) mass is 398 g/mol. The van der Waals surface area contributed by atoms with Gasteiger partial charge in [0.1, 0.15) is 0 Å². The number of nitrogens with zero attached hydrogens (tertiary/aromatic N) is 5. The highest BCUT2D eigenvalue weighted by Gasteiger charge is 2.15. The first-order valence-corrected chi connectivity index (χ1v) is 10.0. The molecule has 0 spiro atoms. The number of carbonyl (C=O) groups is 1. The molecule has 1 aromatic carbocycles.